The van der Waals surface area contributed by atoms with E-state index < -0.39 is 5.41 Å². The third-order valence-corrected chi connectivity index (χ3v) is 14.8. The molecule has 0 bridgehead atoms. The molecular formula is C59H36N2OS. The minimum Gasteiger partial charge on any atom is -0.457 e. The first-order chi connectivity index (χ1) is 31.3. The largest absolute Gasteiger partial charge is 0.457 e. The maximum atomic E-state index is 6.80. The maximum Gasteiger partial charge on any atom is 0.132 e. The minimum absolute atomic E-state index is 0.662. The van der Waals surface area contributed by atoms with Gasteiger partial charge in [0.05, 0.1) is 22.1 Å². The predicted molar refractivity (Wildman–Crippen MR) is 263 cm³/mol. The number of thiophene rings is 1. The minimum atomic E-state index is -0.662. The summed E-state index contributed by atoms with van der Waals surface area (Å²) in [6.07, 6.45) is 0. The molecule has 0 N–H and O–H groups in total. The summed E-state index contributed by atoms with van der Waals surface area (Å²) >= 11 is 1.86. The average molecular weight is 821 g/mol. The molecular weight excluding hydrogens is 785 g/mol. The summed E-state index contributed by atoms with van der Waals surface area (Å²) in [5.41, 5.74) is 13.5. The Morgan fingerprint density at radius 1 is 0.413 bits per heavy atom. The molecule has 1 aliphatic carbocycles. The summed E-state index contributed by atoms with van der Waals surface area (Å²) < 4.78 is 11.7. The Morgan fingerprint density at radius 2 is 1.05 bits per heavy atom. The molecule has 0 unspecified atom stereocenters. The molecule has 0 radical (unpaired) electrons. The Kier molecular flexibility index (Phi) is 7.20. The number of ether oxygens (including phenoxy) is 1. The summed E-state index contributed by atoms with van der Waals surface area (Å²) in [5.74, 6) is 1.77. The molecule has 3 nitrogen and oxygen atoms in total. The van der Waals surface area contributed by atoms with Crippen LogP contribution >= 0.6 is 11.3 Å². The third kappa shape index (κ3) is 4.73. The number of para-hydroxylation sites is 4. The summed E-state index contributed by atoms with van der Waals surface area (Å²) in [4.78, 5) is 2.52. The molecule has 0 amide bonds. The highest BCUT2D eigenvalue weighted by molar-refractivity contribution is 7.26. The van der Waals surface area contributed by atoms with Gasteiger partial charge in [-0.3, -0.25) is 0 Å². The van der Waals surface area contributed by atoms with Crippen LogP contribution in [-0.4, -0.2) is 4.57 Å². The van der Waals surface area contributed by atoms with Crippen molar-refractivity contribution in [3.63, 3.8) is 0 Å². The lowest BCUT2D eigenvalue weighted by molar-refractivity contribution is 0.435. The number of rotatable bonds is 4. The monoisotopic (exact) mass is 820 g/mol. The van der Waals surface area contributed by atoms with Crippen LogP contribution in [0, 0.1) is 0 Å². The van der Waals surface area contributed by atoms with Crippen molar-refractivity contribution >= 4 is 81.1 Å². The van der Waals surface area contributed by atoms with Crippen molar-refractivity contribution in [2.45, 2.75) is 5.41 Å². The topological polar surface area (TPSA) is 17.4 Å². The van der Waals surface area contributed by atoms with Gasteiger partial charge in [0.1, 0.15) is 11.5 Å². The summed E-state index contributed by atoms with van der Waals surface area (Å²) in [5, 5.41) is 7.49. The van der Waals surface area contributed by atoms with Crippen molar-refractivity contribution in [2.24, 2.45) is 0 Å². The van der Waals surface area contributed by atoms with Gasteiger partial charge in [0.25, 0.3) is 0 Å². The second-order valence-corrected chi connectivity index (χ2v) is 17.8. The van der Waals surface area contributed by atoms with Crippen molar-refractivity contribution in [2.75, 3.05) is 4.90 Å². The summed E-state index contributed by atoms with van der Waals surface area (Å²) in [7, 11) is 0. The molecule has 4 heteroatoms. The molecule has 0 saturated carbocycles. The first kappa shape index (κ1) is 34.8. The van der Waals surface area contributed by atoms with Crippen molar-refractivity contribution in [1.82, 2.24) is 4.57 Å². The van der Waals surface area contributed by atoms with Gasteiger partial charge in [0.15, 0.2) is 0 Å². The molecule has 0 atom stereocenters. The molecule has 14 rings (SSSR count). The quantitative estimate of drug-likeness (QED) is 0.176. The molecule has 12 aromatic rings. The molecule has 1 spiro atoms. The Bertz CT molecular complexity index is 3810. The summed E-state index contributed by atoms with van der Waals surface area (Å²) in [6, 6.07) is 80.4. The number of hydrogen-bond donors (Lipinski definition) is 0. The molecule has 1 aliphatic heterocycles. The average Bonchev–Trinajstić information content (AvgIpc) is 3.89. The van der Waals surface area contributed by atoms with Gasteiger partial charge in [-0.1, -0.05) is 140 Å². The fraction of sp³-hybridized carbons (Fsp3) is 0.0169. The molecule has 2 aromatic heterocycles. The normalized spacial score (nSPS) is 13.3. The van der Waals surface area contributed by atoms with E-state index >= 15 is 0 Å². The fourth-order valence-electron chi connectivity index (χ4n) is 11.1. The lowest BCUT2D eigenvalue weighted by atomic mass is 9.58. The van der Waals surface area contributed by atoms with Crippen LogP contribution in [0.3, 0.4) is 0 Å². The van der Waals surface area contributed by atoms with Crippen LogP contribution in [0.2, 0.25) is 0 Å². The van der Waals surface area contributed by atoms with Crippen LogP contribution < -0.4 is 9.64 Å². The first-order valence-electron chi connectivity index (χ1n) is 21.6. The van der Waals surface area contributed by atoms with Crippen LogP contribution in [0.25, 0.3) is 69.6 Å². The Balaban J connectivity index is 1.11. The molecule has 63 heavy (non-hydrogen) atoms. The number of hydrogen-bond acceptors (Lipinski definition) is 3. The third-order valence-electron chi connectivity index (χ3n) is 13.6. The SMILES string of the molecule is c1ccc(-n2c3ccccc3c3cc(N(c4ccc5c(c4)C4(c6ccccc6Oc6ccccc64)c4cccc6cccc-5c46)c4cccc5sc6ccccc6c45)ccc32)cc1. The van der Waals surface area contributed by atoms with Gasteiger partial charge < -0.3 is 14.2 Å². The number of benzene rings is 10. The van der Waals surface area contributed by atoms with Gasteiger partial charge >= 0.3 is 0 Å². The highest BCUT2D eigenvalue weighted by Crippen LogP contribution is 2.62. The van der Waals surface area contributed by atoms with E-state index in [1.807, 2.05) is 11.3 Å². The smallest absolute Gasteiger partial charge is 0.132 e. The Labute approximate surface area is 367 Å². The van der Waals surface area contributed by atoms with Crippen molar-refractivity contribution in [1.29, 1.82) is 0 Å². The number of anilines is 3. The second kappa shape index (κ2) is 13.0. The van der Waals surface area contributed by atoms with Gasteiger partial charge in [-0.05, 0) is 112 Å². The number of aromatic nitrogens is 1. The molecule has 0 fully saturated rings. The van der Waals surface area contributed by atoms with E-state index in [0.29, 0.717) is 0 Å². The number of nitrogens with zero attached hydrogens (tertiary/aromatic N) is 2. The zero-order valence-electron chi connectivity index (χ0n) is 34.0. The standard InChI is InChI=1S/C59H36N2OS/c1-2-17-38(18-3-1)61-50-25-8-4-19-42(50)45-35-39(32-34-51(45)61)60(52-26-14-30-56-58(52)44-20-5-11-29-55(44)63-56)40-31-33-41-43-21-12-15-37-16-13-24-48(57(37)43)59(49(41)36-40)46-22-6-9-27-53(46)62-54-28-10-7-23-47(54)59/h1-36H. The predicted octanol–water partition coefficient (Wildman–Crippen LogP) is 16.2. The molecule has 10 aromatic carbocycles. The Hall–Kier alpha value is -7.92. The van der Waals surface area contributed by atoms with E-state index in [1.165, 1.54) is 75.0 Å². The van der Waals surface area contributed by atoms with E-state index in [0.717, 1.165) is 45.4 Å². The highest BCUT2D eigenvalue weighted by atomic mass is 32.1. The van der Waals surface area contributed by atoms with Crippen molar-refractivity contribution < 1.29 is 4.74 Å². The van der Waals surface area contributed by atoms with Gasteiger partial charge in [0, 0.05) is 59.1 Å². The first-order valence-corrected chi connectivity index (χ1v) is 22.4. The van der Waals surface area contributed by atoms with E-state index in [4.69, 9.17) is 4.74 Å². The van der Waals surface area contributed by atoms with Gasteiger partial charge in [-0.25, -0.2) is 0 Å². The maximum absolute atomic E-state index is 6.80. The zero-order chi connectivity index (χ0) is 41.2. The fourth-order valence-corrected chi connectivity index (χ4v) is 12.3. The van der Waals surface area contributed by atoms with E-state index in [-0.39, 0.29) is 0 Å². The Morgan fingerprint density at radius 3 is 1.89 bits per heavy atom. The van der Waals surface area contributed by atoms with Crippen LogP contribution in [-0.2, 0) is 5.41 Å². The van der Waals surface area contributed by atoms with Crippen LogP contribution in [0.15, 0.2) is 218 Å². The van der Waals surface area contributed by atoms with Gasteiger partial charge in [0.2, 0.25) is 0 Å². The van der Waals surface area contributed by atoms with E-state index in [9.17, 15) is 0 Å². The highest BCUT2D eigenvalue weighted by Gasteiger charge is 2.49. The van der Waals surface area contributed by atoms with Crippen LogP contribution in [0.4, 0.5) is 17.1 Å². The van der Waals surface area contributed by atoms with E-state index in [1.54, 1.807) is 0 Å². The molecule has 294 valence electrons. The lowest BCUT2D eigenvalue weighted by Crippen LogP contribution is -2.36. The second-order valence-electron chi connectivity index (χ2n) is 16.8. The molecule has 0 saturated heterocycles. The number of fused-ring (bicyclic) bond motifs is 14. The van der Waals surface area contributed by atoms with Gasteiger partial charge in [-0.15, -0.1) is 11.3 Å². The van der Waals surface area contributed by atoms with Crippen LogP contribution in [0.1, 0.15) is 22.3 Å². The van der Waals surface area contributed by atoms with Crippen molar-refractivity contribution in [3.05, 3.63) is 241 Å². The van der Waals surface area contributed by atoms with Crippen LogP contribution in [0.5, 0.6) is 11.5 Å². The molecule has 3 heterocycles. The van der Waals surface area contributed by atoms with Gasteiger partial charge in [-0.2, -0.15) is 0 Å². The zero-order valence-corrected chi connectivity index (χ0v) is 34.8. The summed E-state index contributed by atoms with van der Waals surface area (Å²) in [6.45, 7) is 0. The molecule has 2 aliphatic rings. The lowest BCUT2D eigenvalue weighted by Gasteiger charge is -2.45. The van der Waals surface area contributed by atoms with Crippen molar-refractivity contribution in [3.8, 4) is 28.3 Å². The van der Waals surface area contributed by atoms with E-state index in [2.05, 4.69) is 228 Å².